The molecule has 0 aliphatic rings. The normalized spacial score (nSPS) is 12.5. The van der Waals surface area contributed by atoms with Crippen molar-refractivity contribution in [2.24, 2.45) is 0 Å². The van der Waals surface area contributed by atoms with Crippen LogP contribution < -0.4 is 10.6 Å². The molecule has 0 aromatic rings. The van der Waals surface area contributed by atoms with Crippen LogP contribution in [0.3, 0.4) is 0 Å². The molecule has 0 fully saturated rings. The fourth-order valence-electron chi connectivity index (χ4n) is 0.744. The fourth-order valence-corrected chi connectivity index (χ4v) is 0.744. The minimum absolute atomic E-state index is 0.0908. The van der Waals surface area contributed by atoms with Crippen LogP contribution in [0.2, 0.25) is 0 Å². The second-order valence-electron chi connectivity index (χ2n) is 2.82. The molecule has 13 heavy (non-hydrogen) atoms. The third kappa shape index (κ3) is 7.70. The molecule has 0 aliphatic heterocycles. The van der Waals surface area contributed by atoms with E-state index in [9.17, 15) is 4.79 Å². The summed E-state index contributed by atoms with van der Waals surface area (Å²) in [4.78, 5) is 11.0. The Balaban J connectivity index is 3.26. The number of rotatable bonds is 7. The second-order valence-corrected chi connectivity index (χ2v) is 2.82. The lowest BCUT2D eigenvalue weighted by Crippen LogP contribution is -2.38. The molecule has 0 aliphatic carbocycles. The molecular weight excluding hydrogens is 172 g/mol. The van der Waals surface area contributed by atoms with Crippen LogP contribution in [0.5, 0.6) is 0 Å². The van der Waals surface area contributed by atoms with Crippen LogP contribution in [0.4, 0.5) is 0 Å². The highest BCUT2D eigenvalue weighted by Crippen LogP contribution is 1.76. The van der Waals surface area contributed by atoms with E-state index in [4.69, 9.17) is 10.2 Å². The maximum absolute atomic E-state index is 11.0. The van der Waals surface area contributed by atoms with Crippen molar-refractivity contribution in [2.75, 3.05) is 26.2 Å². The van der Waals surface area contributed by atoms with Crippen LogP contribution in [0.25, 0.3) is 0 Å². The van der Waals surface area contributed by atoms with E-state index < -0.39 is 6.10 Å². The first kappa shape index (κ1) is 12.3. The summed E-state index contributed by atoms with van der Waals surface area (Å²) < 4.78 is 0. The highest BCUT2D eigenvalue weighted by molar-refractivity contribution is 5.77. The van der Waals surface area contributed by atoms with Crippen LogP contribution in [-0.2, 0) is 4.79 Å². The number of nitrogens with one attached hydrogen (secondary N) is 2. The Morgan fingerprint density at radius 2 is 2.23 bits per heavy atom. The van der Waals surface area contributed by atoms with Gasteiger partial charge in [0.15, 0.2) is 0 Å². The minimum atomic E-state index is -0.793. The molecule has 0 aromatic heterocycles. The van der Waals surface area contributed by atoms with E-state index in [1.165, 1.54) is 0 Å². The molecule has 0 radical (unpaired) electrons. The third-order valence-electron chi connectivity index (χ3n) is 1.45. The van der Waals surface area contributed by atoms with Gasteiger partial charge in [0.05, 0.1) is 19.3 Å². The second kappa shape index (κ2) is 7.97. The zero-order valence-electron chi connectivity index (χ0n) is 7.92. The number of hydrogen-bond acceptors (Lipinski definition) is 4. The first-order valence-electron chi connectivity index (χ1n) is 4.47. The van der Waals surface area contributed by atoms with E-state index in [0.717, 1.165) is 6.42 Å². The molecule has 1 unspecified atom stereocenters. The van der Waals surface area contributed by atoms with E-state index >= 15 is 0 Å². The molecule has 0 saturated heterocycles. The number of carbonyl (C=O) groups excluding carboxylic acids is 1. The van der Waals surface area contributed by atoms with Crippen molar-refractivity contribution in [2.45, 2.75) is 19.4 Å². The SMILES string of the molecule is CCCNC(=O)CNCC(O)CO. The van der Waals surface area contributed by atoms with Gasteiger partial charge in [-0.15, -0.1) is 0 Å². The van der Waals surface area contributed by atoms with Crippen LogP contribution in [0, 0.1) is 0 Å². The molecule has 0 aromatic carbocycles. The zero-order valence-corrected chi connectivity index (χ0v) is 7.92. The molecule has 0 spiro atoms. The standard InChI is InChI=1S/C8H18N2O3/c1-2-3-10-8(13)5-9-4-7(12)6-11/h7,9,11-12H,2-6H2,1H3,(H,10,13). The molecular formula is C8H18N2O3. The van der Waals surface area contributed by atoms with Gasteiger partial charge >= 0.3 is 0 Å². The lowest BCUT2D eigenvalue weighted by Gasteiger charge is -2.08. The van der Waals surface area contributed by atoms with Crippen molar-refractivity contribution in [3.63, 3.8) is 0 Å². The Morgan fingerprint density at radius 3 is 2.77 bits per heavy atom. The van der Waals surface area contributed by atoms with E-state index in [-0.39, 0.29) is 25.6 Å². The highest BCUT2D eigenvalue weighted by atomic mass is 16.3. The molecule has 0 saturated carbocycles. The van der Waals surface area contributed by atoms with Gasteiger partial charge in [0.2, 0.25) is 5.91 Å². The van der Waals surface area contributed by atoms with E-state index in [1.807, 2.05) is 6.92 Å². The average Bonchev–Trinajstić information content (AvgIpc) is 2.14. The smallest absolute Gasteiger partial charge is 0.233 e. The van der Waals surface area contributed by atoms with Gasteiger partial charge in [-0.1, -0.05) is 6.92 Å². The van der Waals surface area contributed by atoms with E-state index in [2.05, 4.69) is 10.6 Å². The lowest BCUT2D eigenvalue weighted by atomic mass is 10.4. The number of aliphatic hydroxyl groups is 2. The summed E-state index contributed by atoms with van der Waals surface area (Å²) in [6.07, 6.45) is 0.115. The Morgan fingerprint density at radius 1 is 1.54 bits per heavy atom. The summed E-state index contributed by atoms with van der Waals surface area (Å²) in [6, 6.07) is 0. The Kier molecular flexibility index (Phi) is 7.57. The number of carbonyl (C=O) groups is 1. The van der Waals surface area contributed by atoms with Crippen LogP contribution >= 0.6 is 0 Å². The molecule has 0 heterocycles. The van der Waals surface area contributed by atoms with Crippen molar-refractivity contribution in [3.8, 4) is 0 Å². The van der Waals surface area contributed by atoms with Gasteiger partial charge in [0, 0.05) is 13.1 Å². The van der Waals surface area contributed by atoms with Crippen molar-refractivity contribution in [1.82, 2.24) is 10.6 Å². The van der Waals surface area contributed by atoms with Crippen molar-refractivity contribution < 1.29 is 15.0 Å². The van der Waals surface area contributed by atoms with Gasteiger partial charge in [0.25, 0.3) is 0 Å². The predicted molar refractivity (Wildman–Crippen MR) is 49.3 cm³/mol. The number of hydrogen-bond donors (Lipinski definition) is 4. The van der Waals surface area contributed by atoms with Crippen molar-refractivity contribution in [3.05, 3.63) is 0 Å². The molecule has 78 valence electrons. The zero-order chi connectivity index (χ0) is 10.1. The van der Waals surface area contributed by atoms with Crippen LogP contribution in [0.15, 0.2) is 0 Å². The summed E-state index contributed by atoms with van der Waals surface area (Å²) in [7, 11) is 0. The van der Waals surface area contributed by atoms with Crippen molar-refractivity contribution in [1.29, 1.82) is 0 Å². The Bertz CT molecular complexity index is 141. The maximum Gasteiger partial charge on any atom is 0.233 e. The Labute approximate surface area is 78.1 Å². The first-order chi connectivity index (χ1) is 6.20. The lowest BCUT2D eigenvalue weighted by molar-refractivity contribution is -0.120. The summed E-state index contributed by atoms with van der Waals surface area (Å²) in [6.45, 7) is 2.77. The number of aliphatic hydroxyl groups excluding tert-OH is 2. The molecule has 5 heteroatoms. The minimum Gasteiger partial charge on any atom is -0.394 e. The Hall–Kier alpha value is -0.650. The molecule has 1 amide bonds. The third-order valence-corrected chi connectivity index (χ3v) is 1.45. The van der Waals surface area contributed by atoms with Gasteiger partial charge in [0.1, 0.15) is 0 Å². The van der Waals surface area contributed by atoms with E-state index in [0.29, 0.717) is 6.54 Å². The van der Waals surface area contributed by atoms with E-state index in [1.54, 1.807) is 0 Å². The maximum atomic E-state index is 11.0. The van der Waals surface area contributed by atoms with Gasteiger partial charge in [-0.05, 0) is 6.42 Å². The van der Waals surface area contributed by atoms with Gasteiger partial charge in [-0.3, -0.25) is 4.79 Å². The van der Waals surface area contributed by atoms with Crippen LogP contribution in [0.1, 0.15) is 13.3 Å². The molecule has 0 rings (SSSR count). The first-order valence-corrected chi connectivity index (χ1v) is 4.47. The summed E-state index contributed by atoms with van der Waals surface area (Å²) in [5.74, 6) is -0.0908. The summed E-state index contributed by atoms with van der Waals surface area (Å²) in [5, 5.41) is 22.8. The molecule has 0 bridgehead atoms. The molecule has 4 N–H and O–H groups in total. The monoisotopic (exact) mass is 190 g/mol. The summed E-state index contributed by atoms with van der Waals surface area (Å²) >= 11 is 0. The van der Waals surface area contributed by atoms with Gasteiger partial charge < -0.3 is 20.8 Å². The van der Waals surface area contributed by atoms with Gasteiger partial charge in [-0.2, -0.15) is 0 Å². The predicted octanol–water partition coefficient (Wildman–Crippen LogP) is -1.54. The van der Waals surface area contributed by atoms with Gasteiger partial charge in [-0.25, -0.2) is 0 Å². The molecule has 5 nitrogen and oxygen atoms in total. The highest BCUT2D eigenvalue weighted by Gasteiger charge is 2.02. The average molecular weight is 190 g/mol. The molecule has 1 atom stereocenters. The quantitative estimate of drug-likeness (QED) is 0.392. The summed E-state index contributed by atoms with van der Waals surface area (Å²) in [5.41, 5.74) is 0. The fraction of sp³-hybridized carbons (Fsp3) is 0.875. The van der Waals surface area contributed by atoms with Crippen molar-refractivity contribution >= 4 is 5.91 Å². The van der Waals surface area contributed by atoms with Crippen LogP contribution in [-0.4, -0.2) is 48.5 Å². The topological polar surface area (TPSA) is 81.6 Å². The number of amides is 1. The largest absolute Gasteiger partial charge is 0.394 e.